The van der Waals surface area contributed by atoms with Gasteiger partial charge in [0.05, 0.1) is 5.75 Å². The second-order valence-corrected chi connectivity index (χ2v) is 7.50. The van der Waals surface area contributed by atoms with Gasteiger partial charge in [-0.15, -0.1) is 11.8 Å². The van der Waals surface area contributed by atoms with Gasteiger partial charge in [-0.2, -0.15) is 0 Å². The maximum Gasteiger partial charge on any atom is 0.230 e. The van der Waals surface area contributed by atoms with E-state index in [9.17, 15) is 9.18 Å². The molecule has 0 aliphatic heterocycles. The molecule has 0 saturated heterocycles. The first-order valence-electron chi connectivity index (χ1n) is 8.37. The predicted molar refractivity (Wildman–Crippen MR) is 107 cm³/mol. The number of hydrogen-bond acceptors (Lipinski definition) is 3. The van der Waals surface area contributed by atoms with Crippen molar-refractivity contribution in [1.82, 2.24) is 14.9 Å². The largest absolute Gasteiger partial charge is 0.341 e. The summed E-state index contributed by atoms with van der Waals surface area (Å²) in [5, 5.41) is 3.64. The molecule has 140 valence electrons. The molecule has 1 heterocycles. The van der Waals surface area contributed by atoms with Gasteiger partial charge in [-0.1, -0.05) is 35.9 Å². The molecule has 2 aromatic carbocycles. The number of imidazole rings is 1. The van der Waals surface area contributed by atoms with E-state index in [1.165, 1.54) is 23.9 Å². The number of carbonyl (C=O) groups is 1. The maximum atomic E-state index is 13.7. The molecule has 1 amide bonds. The molecular weight excluding hydrogens is 385 g/mol. The standard InChI is InChI=1S/C20H19ClFN3OS/c1-25-9-8-23-20(25)19(15-5-3-7-17(22)11-15)24-18(26)13-27-12-14-4-2-6-16(21)10-14/h2-11,19H,12-13H2,1H3,(H,24,26). The minimum Gasteiger partial charge on any atom is -0.341 e. The van der Waals surface area contributed by atoms with Gasteiger partial charge >= 0.3 is 0 Å². The Balaban J connectivity index is 1.67. The fourth-order valence-corrected chi connectivity index (χ4v) is 3.73. The van der Waals surface area contributed by atoms with Gasteiger partial charge in [-0.25, -0.2) is 9.37 Å². The third-order valence-corrected chi connectivity index (χ3v) is 5.23. The summed E-state index contributed by atoms with van der Waals surface area (Å²) in [4.78, 5) is 16.8. The minimum atomic E-state index is -0.514. The van der Waals surface area contributed by atoms with Crippen LogP contribution in [0.25, 0.3) is 0 Å². The van der Waals surface area contributed by atoms with E-state index in [0.29, 0.717) is 22.2 Å². The smallest absolute Gasteiger partial charge is 0.230 e. The van der Waals surface area contributed by atoms with E-state index < -0.39 is 6.04 Å². The van der Waals surface area contributed by atoms with E-state index in [1.807, 2.05) is 35.9 Å². The zero-order valence-electron chi connectivity index (χ0n) is 14.7. The fraction of sp³-hybridized carbons (Fsp3) is 0.200. The van der Waals surface area contributed by atoms with Gasteiger partial charge in [0.2, 0.25) is 5.91 Å². The Morgan fingerprint density at radius 2 is 2.11 bits per heavy atom. The van der Waals surface area contributed by atoms with Crippen LogP contribution in [0.2, 0.25) is 5.02 Å². The van der Waals surface area contributed by atoms with E-state index in [1.54, 1.807) is 24.5 Å². The van der Waals surface area contributed by atoms with E-state index in [4.69, 9.17) is 11.6 Å². The van der Waals surface area contributed by atoms with Crippen LogP contribution in [-0.2, 0) is 17.6 Å². The number of nitrogens with one attached hydrogen (secondary N) is 1. The van der Waals surface area contributed by atoms with Crippen LogP contribution in [0.5, 0.6) is 0 Å². The molecule has 1 unspecified atom stereocenters. The van der Waals surface area contributed by atoms with Crippen LogP contribution in [0.3, 0.4) is 0 Å². The molecule has 3 rings (SSSR count). The van der Waals surface area contributed by atoms with Crippen LogP contribution < -0.4 is 5.32 Å². The highest BCUT2D eigenvalue weighted by molar-refractivity contribution is 7.99. The van der Waals surface area contributed by atoms with E-state index >= 15 is 0 Å². The predicted octanol–water partition coefficient (Wildman–Crippen LogP) is 4.35. The third-order valence-electron chi connectivity index (χ3n) is 3.99. The molecule has 1 N–H and O–H groups in total. The molecule has 1 aromatic heterocycles. The van der Waals surface area contributed by atoms with Crippen molar-refractivity contribution in [2.75, 3.05) is 5.75 Å². The lowest BCUT2D eigenvalue weighted by Crippen LogP contribution is -2.32. The van der Waals surface area contributed by atoms with E-state index in [-0.39, 0.29) is 17.5 Å². The summed E-state index contributed by atoms with van der Waals surface area (Å²) in [5.41, 5.74) is 1.71. The number of hydrogen-bond donors (Lipinski definition) is 1. The van der Waals surface area contributed by atoms with Gasteiger partial charge in [0, 0.05) is 30.2 Å². The highest BCUT2D eigenvalue weighted by Gasteiger charge is 2.21. The number of amides is 1. The molecule has 0 fully saturated rings. The summed E-state index contributed by atoms with van der Waals surface area (Å²) in [6.45, 7) is 0. The highest BCUT2D eigenvalue weighted by atomic mass is 35.5. The van der Waals surface area contributed by atoms with Crippen molar-refractivity contribution in [3.8, 4) is 0 Å². The van der Waals surface area contributed by atoms with Crippen molar-refractivity contribution in [2.45, 2.75) is 11.8 Å². The summed E-state index contributed by atoms with van der Waals surface area (Å²) >= 11 is 7.47. The number of aryl methyl sites for hydroxylation is 1. The Kier molecular flexibility index (Phi) is 6.53. The molecule has 0 radical (unpaired) electrons. The monoisotopic (exact) mass is 403 g/mol. The molecule has 3 aromatic rings. The van der Waals surface area contributed by atoms with Crippen LogP contribution in [0.15, 0.2) is 60.9 Å². The molecule has 0 bridgehead atoms. The highest BCUT2D eigenvalue weighted by Crippen LogP contribution is 2.22. The summed E-state index contributed by atoms with van der Waals surface area (Å²) in [6, 6.07) is 13.2. The zero-order chi connectivity index (χ0) is 19.2. The number of halogens is 2. The molecule has 4 nitrogen and oxygen atoms in total. The average molecular weight is 404 g/mol. The number of rotatable bonds is 7. The first kappa shape index (κ1) is 19.5. The Morgan fingerprint density at radius 3 is 2.81 bits per heavy atom. The van der Waals surface area contributed by atoms with Crippen LogP contribution in [-0.4, -0.2) is 21.2 Å². The summed E-state index contributed by atoms with van der Waals surface area (Å²) in [5.74, 6) is 1.12. The van der Waals surface area contributed by atoms with Crippen LogP contribution >= 0.6 is 23.4 Å². The van der Waals surface area contributed by atoms with Crippen LogP contribution in [0.1, 0.15) is 23.0 Å². The fourth-order valence-electron chi connectivity index (χ4n) is 2.73. The lowest BCUT2D eigenvalue weighted by molar-refractivity contribution is -0.119. The molecule has 1 atom stereocenters. The SMILES string of the molecule is Cn1ccnc1C(NC(=O)CSCc1cccc(Cl)c1)c1cccc(F)c1. The summed E-state index contributed by atoms with van der Waals surface area (Å²) in [7, 11) is 1.84. The topological polar surface area (TPSA) is 46.9 Å². The first-order chi connectivity index (χ1) is 13.0. The summed E-state index contributed by atoms with van der Waals surface area (Å²) in [6.07, 6.45) is 3.45. The Hall–Kier alpha value is -2.31. The second kappa shape index (κ2) is 9.06. The van der Waals surface area contributed by atoms with Crippen LogP contribution in [0, 0.1) is 5.82 Å². The molecule has 7 heteroatoms. The van der Waals surface area contributed by atoms with Crippen molar-refractivity contribution >= 4 is 29.3 Å². The normalized spacial score (nSPS) is 12.0. The van der Waals surface area contributed by atoms with Crippen LogP contribution in [0.4, 0.5) is 4.39 Å². The quantitative estimate of drug-likeness (QED) is 0.637. The molecule has 0 spiro atoms. The Morgan fingerprint density at radius 1 is 1.30 bits per heavy atom. The van der Waals surface area contributed by atoms with E-state index in [2.05, 4.69) is 10.3 Å². The van der Waals surface area contributed by atoms with Gasteiger partial charge < -0.3 is 9.88 Å². The second-order valence-electron chi connectivity index (χ2n) is 6.07. The van der Waals surface area contributed by atoms with Gasteiger partial charge in [0.1, 0.15) is 17.7 Å². The lowest BCUT2D eigenvalue weighted by Gasteiger charge is -2.19. The van der Waals surface area contributed by atoms with Crippen molar-refractivity contribution in [1.29, 1.82) is 0 Å². The Bertz CT molecular complexity index is 931. The molecule has 0 saturated carbocycles. The maximum absolute atomic E-state index is 13.7. The molecule has 0 aliphatic carbocycles. The average Bonchev–Trinajstić information content (AvgIpc) is 3.05. The minimum absolute atomic E-state index is 0.140. The summed E-state index contributed by atoms with van der Waals surface area (Å²) < 4.78 is 15.5. The van der Waals surface area contributed by atoms with Gasteiger partial charge in [0.15, 0.2) is 0 Å². The van der Waals surface area contributed by atoms with Gasteiger partial charge in [-0.05, 0) is 35.4 Å². The van der Waals surface area contributed by atoms with Gasteiger partial charge in [-0.3, -0.25) is 4.79 Å². The number of benzene rings is 2. The van der Waals surface area contributed by atoms with Crippen molar-refractivity contribution in [3.05, 3.63) is 88.7 Å². The number of nitrogens with zero attached hydrogens (tertiary/aromatic N) is 2. The first-order valence-corrected chi connectivity index (χ1v) is 9.90. The Labute approximate surface area is 166 Å². The molecule has 0 aliphatic rings. The molecule has 27 heavy (non-hydrogen) atoms. The third kappa shape index (κ3) is 5.34. The number of aromatic nitrogens is 2. The number of carbonyl (C=O) groups excluding carboxylic acids is 1. The van der Waals surface area contributed by atoms with Crippen molar-refractivity contribution < 1.29 is 9.18 Å². The zero-order valence-corrected chi connectivity index (χ0v) is 16.3. The van der Waals surface area contributed by atoms with Crippen molar-refractivity contribution in [2.24, 2.45) is 7.05 Å². The van der Waals surface area contributed by atoms with E-state index in [0.717, 1.165) is 5.56 Å². The van der Waals surface area contributed by atoms with Crippen molar-refractivity contribution in [3.63, 3.8) is 0 Å². The molecular formula is C20H19ClFN3OS. The lowest BCUT2D eigenvalue weighted by atomic mass is 10.1. The number of thioether (sulfide) groups is 1. The van der Waals surface area contributed by atoms with Gasteiger partial charge in [0.25, 0.3) is 0 Å².